The van der Waals surface area contributed by atoms with Crippen molar-refractivity contribution < 1.29 is 4.74 Å². The van der Waals surface area contributed by atoms with Crippen LogP contribution in [0.25, 0.3) is 0 Å². The Hall–Kier alpha value is -0.0400. The van der Waals surface area contributed by atoms with Crippen LogP contribution in [0, 0.1) is 10.8 Å². The van der Waals surface area contributed by atoms with Crippen molar-refractivity contribution in [1.82, 2.24) is 0 Å². The SMILES string of the molecule is CCCCCC(C)(C)C(C)OC(C)C(C)(C)CCCCC. The van der Waals surface area contributed by atoms with Crippen LogP contribution >= 0.6 is 0 Å². The molecule has 0 bridgehead atoms. The Bertz CT molecular complexity index is 229. The van der Waals surface area contributed by atoms with E-state index in [0.717, 1.165) is 0 Å². The van der Waals surface area contributed by atoms with Gasteiger partial charge in [-0.1, -0.05) is 80.1 Å². The van der Waals surface area contributed by atoms with Crippen LogP contribution in [0.2, 0.25) is 0 Å². The first-order valence-corrected chi connectivity index (χ1v) is 9.32. The quantitative estimate of drug-likeness (QED) is 0.353. The lowest BCUT2D eigenvalue weighted by Gasteiger charge is -2.39. The second-order valence-electron chi connectivity index (χ2n) is 8.31. The van der Waals surface area contributed by atoms with Gasteiger partial charge in [-0.15, -0.1) is 0 Å². The molecule has 0 aliphatic carbocycles. The first kappa shape index (κ1) is 21.0. The molecule has 0 saturated carbocycles. The van der Waals surface area contributed by atoms with Gasteiger partial charge in [0.05, 0.1) is 12.2 Å². The third kappa shape index (κ3) is 8.24. The highest BCUT2D eigenvalue weighted by molar-refractivity contribution is 4.81. The van der Waals surface area contributed by atoms with E-state index >= 15 is 0 Å². The fraction of sp³-hybridized carbons (Fsp3) is 1.00. The number of ether oxygens (including phenoxy) is 1. The Morgan fingerprint density at radius 3 is 1.29 bits per heavy atom. The first-order chi connectivity index (χ1) is 9.67. The second kappa shape index (κ2) is 9.87. The molecule has 0 fully saturated rings. The van der Waals surface area contributed by atoms with Gasteiger partial charge in [0.1, 0.15) is 0 Å². The minimum absolute atomic E-state index is 0.281. The van der Waals surface area contributed by atoms with Crippen LogP contribution in [0.15, 0.2) is 0 Å². The summed E-state index contributed by atoms with van der Waals surface area (Å²) in [7, 11) is 0. The smallest absolute Gasteiger partial charge is 0.0601 e. The topological polar surface area (TPSA) is 9.23 Å². The monoisotopic (exact) mass is 298 g/mol. The van der Waals surface area contributed by atoms with Crippen LogP contribution in [0.1, 0.15) is 107 Å². The molecule has 0 aliphatic heterocycles. The van der Waals surface area contributed by atoms with E-state index in [1.165, 1.54) is 51.4 Å². The van der Waals surface area contributed by atoms with Gasteiger partial charge in [0, 0.05) is 0 Å². The molecule has 0 amide bonds. The average Bonchev–Trinajstić information content (AvgIpc) is 2.38. The largest absolute Gasteiger partial charge is 0.374 e. The summed E-state index contributed by atoms with van der Waals surface area (Å²) in [5, 5.41) is 0. The summed E-state index contributed by atoms with van der Waals surface area (Å²) in [5.41, 5.74) is 0.561. The highest BCUT2D eigenvalue weighted by atomic mass is 16.5. The lowest BCUT2D eigenvalue weighted by molar-refractivity contribution is -0.102. The second-order valence-corrected chi connectivity index (χ2v) is 8.31. The van der Waals surface area contributed by atoms with E-state index < -0.39 is 0 Å². The van der Waals surface area contributed by atoms with Crippen LogP contribution in [0.5, 0.6) is 0 Å². The predicted octanol–water partition coefficient (Wildman–Crippen LogP) is 6.99. The predicted molar refractivity (Wildman–Crippen MR) is 95.9 cm³/mol. The van der Waals surface area contributed by atoms with Crippen molar-refractivity contribution in [3.05, 3.63) is 0 Å². The Kier molecular flexibility index (Phi) is 9.85. The number of unbranched alkanes of at least 4 members (excludes halogenated alkanes) is 4. The molecule has 21 heavy (non-hydrogen) atoms. The zero-order chi connectivity index (χ0) is 16.5. The van der Waals surface area contributed by atoms with Gasteiger partial charge in [0.15, 0.2) is 0 Å². The molecule has 128 valence electrons. The van der Waals surface area contributed by atoms with E-state index in [4.69, 9.17) is 4.74 Å². The molecule has 0 spiro atoms. The summed E-state index contributed by atoms with van der Waals surface area (Å²) >= 11 is 0. The molecule has 0 aromatic heterocycles. The fourth-order valence-electron chi connectivity index (χ4n) is 2.74. The summed E-state index contributed by atoms with van der Waals surface area (Å²) in [6, 6.07) is 0. The molecule has 0 radical (unpaired) electrons. The van der Waals surface area contributed by atoms with Crippen molar-refractivity contribution in [2.45, 2.75) is 119 Å². The van der Waals surface area contributed by atoms with Gasteiger partial charge in [0.2, 0.25) is 0 Å². The van der Waals surface area contributed by atoms with E-state index in [1.807, 2.05) is 0 Å². The number of rotatable bonds is 12. The van der Waals surface area contributed by atoms with E-state index in [1.54, 1.807) is 0 Å². The summed E-state index contributed by atoms with van der Waals surface area (Å²) in [4.78, 5) is 0. The number of hydrogen-bond acceptors (Lipinski definition) is 1. The maximum absolute atomic E-state index is 6.44. The molecular formula is C20H42O. The van der Waals surface area contributed by atoms with Crippen molar-refractivity contribution in [2.75, 3.05) is 0 Å². The van der Waals surface area contributed by atoms with E-state index in [-0.39, 0.29) is 10.8 Å². The Labute approximate surface area is 135 Å². The lowest BCUT2D eigenvalue weighted by atomic mass is 9.79. The zero-order valence-electron chi connectivity index (χ0n) is 16.2. The van der Waals surface area contributed by atoms with Crippen molar-refractivity contribution in [2.24, 2.45) is 10.8 Å². The maximum Gasteiger partial charge on any atom is 0.0601 e. The Balaban J connectivity index is 4.35. The molecule has 0 aromatic carbocycles. The maximum atomic E-state index is 6.44. The first-order valence-electron chi connectivity index (χ1n) is 9.32. The lowest BCUT2D eigenvalue weighted by Crippen LogP contribution is -2.38. The molecule has 0 N–H and O–H groups in total. The van der Waals surface area contributed by atoms with Gasteiger partial charge in [-0.3, -0.25) is 0 Å². The molecule has 0 aliphatic rings. The normalized spacial score (nSPS) is 16.0. The van der Waals surface area contributed by atoms with Gasteiger partial charge in [-0.25, -0.2) is 0 Å². The van der Waals surface area contributed by atoms with Crippen LogP contribution in [-0.2, 0) is 4.74 Å². The van der Waals surface area contributed by atoms with Crippen molar-refractivity contribution in [3.63, 3.8) is 0 Å². The molecule has 0 saturated heterocycles. The standard InChI is InChI=1S/C20H42O/c1-9-11-13-15-19(5,6)17(3)21-18(4)20(7,8)16-14-12-10-2/h17-18H,9-16H2,1-8H3. The highest BCUT2D eigenvalue weighted by Gasteiger charge is 2.32. The molecule has 0 heterocycles. The van der Waals surface area contributed by atoms with Crippen LogP contribution in [0.3, 0.4) is 0 Å². The van der Waals surface area contributed by atoms with E-state index in [0.29, 0.717) is 12.2 Å². The van der Waals surface area contributed by atoms with Gasteiger partial charge >= 0.3 is 0 Å². The van der Waals surface area contributed by atoms with Crippen molar-refractivity contribution in [1.29, 1.82) is 0 Å². The summed E-state index contributed by atoms with van der Waals surface area (Å²) in [6.45, 7) is 18.5. The molecule has 0 rings (SSSR count). The average molecular weight is 299 g/mol. The fourth-order valence-corrected chi connectivity index (χ4v) is 2.74. The molecule has 1 heteroatoms. The molecule has 0 aromatic rings. The Morgan fingerprint density at radius 2 is 1.00 bits per heavy atom. The zero-order valence-corrected chi connectivity index (χ0v) is 16.2. The summed E-state index contributed by atoms with van der Waals surface area (Å²) < 4.78 is 6.44. The molecular weight excluding hydrogens is 256 g/mol. The number of hydrogen-bond donors (Lipinski definition) is 0. The van der Waals surface area contributed by atoms with E-state index in [9.17, 15) is 0 Å². The summed E-state index contributed by atoms with van der Waals surface area (Å²) in [5.74, 6) is 0. The van der Waals surface area contributed by atoms with Crippen molar-refractivity contribution >= 4 is 0 Å². The summed E-state index contributed by atoms with van der Waals surface area (Å²) in [6.07, 6.45) is 11.1. The van der Waals surface area contributed by atoms with Crippen LogP contribution < -0.4 is 0 Å². The van der Waals surface area contributed by atoms with Gasteiger partial charge < -0.3 is 4.74 Å². The van der Waals surface area contributed by atoms with Crippen LogP contribution in [0.4, 0.5) is 0 Å². The van der Waals surface area contributed by atoms with Gasteiger partial charge in [-0.2, -0.15) is 0 Å². The Morgan fingerprint density at radius 1 is 0.667 bits per heavy atom. The molecule has 1 nitrogen and oxygen atoms in total. The highest BCUT2D eigenvalue weighted by Crippen LogP contribution is 2.35. The van der Waals surface area contributed by atoms with Crippen LogP contribution in [-0.4, -0.2) is 12.2 Å². The van der Waals surface area contributed by atoms with Crippen molar-refractivity contribution in [3.8, 4) is 0 Å². The van der Waals surface area contributed by atoms with Gasteiger partial charge in [-0.05, 0) is 37.5 Å². The minimum atomic E-state index is 0.281. The third-order valence-corrected chi connectivity index (χ3v) is 5.46. The minimum Gasteiger partial charge on any atom is -0.374 e. The third-order valence-electron chi connectivity index (χ3n) is 5.46. The van der Waals surface area contributed by atoms with Gasteiger partial charge in [0.25, 0.3) is 0 Å². The van der Waals surface area contributed by atoms with E-state index in [2.05, 4.69) is 55.4 Å². The molecule has 2 atom stereocenters. The molecule has 2 unspecified atom stereocenters.